The van der Waals surface area contributed by atoms with Gasteiger partial charge in [0.25, 0.3) is 5.91 Å². The minimum absolute atomic E-state index is 0.0180. The zero-order valence-electron chi connectivity index (χ0n) is 15.3. The Morgan fingerprint density at radius 2 is 1.97 bits per heavy atom. The summed E-state index contributed by atoms with van der Waals surface area (Å²) in [6, 6.07) is 7.92. The Kier molecular flexibility index (Phi) is 6.32. The van der Waals surface area contributed by atoms with Crippen molar-refractivity contribution in [1.29, 1.82) is 0 Å². The van der Waals surface area contributed by atoms with E-state index in [0.717, 1.165) is 5.56 Å². The highest BCUT2D eigenvalue weighted by atomic mass is 19.4. The molecule has 0 spiro atoms. The molecule has 0 atom stereocenters. The first-order chi connectivity index (χ1) is 13.9. The number of ether oxygens (including phenoxy) is 1. The number of fused-ring (bicyclic) bond motifs is 1. The van der Waals surface area contributed by atoms with Gasteiger partial charge in [-0.3, -0.25) is 14.5 Å². The smallest absolute Gasteiger partial charge is 0.422 e. The van der Waals surface area contributed by atoms with Gasteiger partial charge in [0.1, 0.15) is 11.4 Å². The summed E-state index contributed by atoms with van der Waals surface area (Å²) in [6.45, 7) is -0.660. The zero-order chi connectivity index (χ0) is 20.9. The van der Waals surface area contributed by atoms with E-state index in [1.54, 1.807) is 29.1 Å². The van der Waals surface area contributed by atoms with Gasteiger partial charge < -0.3 is 15.2 Å². The number of aromatic nitrogens is 3. The number of amides is 1. The molecule has 0 fully saturated rings. The van der Waals surface area contributed by atoms with E-state index < -0.39 is 12.8 Å². The van der Waals surface area contributed by atoms with Crippen LogP contribution in [0.25, 0.3) is 10.9 Å². The molecule has 10 heteroatoms. The van der Waals surface area contributed by atoms with Crippen LogP contribution in [-0.4, -0.2) is 51.7 Å². The van der Waals surface area contributed by atoms with Crippen LogP contribution in [0.15, 0.2) is 42.7 Å². The molecule has 0 unspecified atom stereocenters. The van der Waals surface area contributed by atoms with Crippen LogP contribution < -0.4 is 10.1 Å². The molecule has 154 valence electrons. The third-order valence-corrected chi connectivity index (χ3v) is 3.99. The highest BCUT2D eigenvalue weighted by Crippen LogP contribution is 2.20. The Morgan fingerprint density at radius 3 is 2.66 bits per heavy atom. The van der Waals surface area contributed by atoms with Crippen molar-refractivity contribution in [2.24, 2.45) is 0 Å². The molecule has 7 nitrogen and oxygen atoms in total. The third-order valence-electron chi connectivity index (χ3n) is 3.99. The summed E-state index contributed by atoms with van der Waals surface area (Å²) in [7, 11) is 0. The van der Waals surface area contributed by atoms with Crippen LogP contribution in [0.4, 0.5) is 13.2 Å². The summed E-state index contributed by atoms with van der Waals surface area (Å²) in [5.74, 6) is -0.225. The summed E-state index contributed by atoms with van der Waals surface area (Å²) < 4.78 is 42.9. The van der Waals surface area contributed by atoms with Crippen molar-refractivity contribution in [3.8, 4) is 5.75 Å². The van der Waals surface area contributed by atoms with Crippen LogP contribution in [0.5, 0.6) is 5.75 Å². The van der Waals surface area contributed by atoms with Gasteiger partial charge in [-0.2, -0.15) is 18.3 Å². The number of nitrogens with zero attached hydrogens (tertiary/aromatic N) is 3. The summed E-state index contributed by atoms with van der Waals surface area (Å²) in [5.41, 5.74) is 1.64. The third kappa shape index (κ3) is 5.67. The Bertz CT molecular complexity index is 971. The number of rotatable bonds is 8. The van der Waals surface area contributed by atoms with Gasteiger partial charge in [0.2, 0.25) is 0 Å². The number of carbonyl (C=O) groups excluding carboxylic acids is 1. The number of aliphatic hydroxyl groups excluding tert-OH is 1. The summed E-state index contributed by atoms with van der Waals surface area (Å²) >= 11 is 0. The average molecular weight is 408 g/mol. The second-order valence-electron chi connectivity index (χ2n) is 6.30. The van der Waals surface area contributed by atoms with E-state index in [4.69, 9.17) is 9.84 Å². The molecule has 2 heterocycles. The van der Waals surface area contributed by atoms with E-state index in [0.29, 0.717) is 30.4 Å². The zero-order valence-corrected chi connectivity index (χ0v) is 15.3. The molecule has 0 aliphatic carbocycles. The van der Waals surface area contributed by atoms with Gasteiger partial charge in [-0.1, -0.05) is 12.1 Å². The Labute approximate surface area is 164 Å². The van der Waals surface area contributed by atoms with E-state index in [-0.39, 0.29) is 24.0 Å². The van der Waals surface area contributed by atoms with E-state index >= 15 is 0 Å². The number of hydrogen-bond donors (Lipinski definition) is 2. The fraction of sp³-hybridized carbons (Fsp3) is 0.316. The number of carbonyl (C=O) groups is 1. The lowest BCUT2D eigenvalue weighted by atomic mass is 10.2. The molecule has 1 aromatic carbocycles. The van der Waals surface area contributed by atoms with Crippen LogP contribution in [0.2, 0.25) is 0 Å². The molecule has 2 aromatic heterocycles. The summed E-state index contributed by atoms with van der Waals surface area (Å²) in [4.78, 5) is 16.4. The Hall–Kier alpha value is -3.14. The normalized spacial score (nSPS) is 11.6. The molecule has 0 saturated carbocycles. The number of benzene rings is 1. The number of aliphatic hydroxyl groups is 1. The lowest BCUT2D eigenvalue weighted by Crippen LogP contribution is -2.26. The standard InChI is InChI=1S/C19H19F3N4O3/c20-19(21,22)12-29-14-4-2-13(3-5-14)10-26-11-15-16(25-26)6-8-23-17(15)18(28)24-7-1-9-27/h2-6,8,11,27H,1,7,9-10,12H2,(H,24,28). The van der Waals surface area contributed by atoms with Crippen molar-refractivity contribution in [2.75, 3.05) is 19.8 Å². The molecule has 0 aliphatic heterocycles. The topological polar surface area (TPSA) is 89.3 Å². The SMILES string of the molecule is O=C(NCCCO)c1nccc2nn(Cc3ccc(OCC(F)(F)F)cc3)cc12. The molecule has 29 heavy (non-hydrogen) atoms. The van der Waals surface area contributed by atoms with Crippen LogP contribution >= 0.6 is 0 Å². The molecule has 0 bridgehead atoms. The highest BCUT2D eigenvalue weighted by molar-refractivity contribution is 6.04. The van der Waals surface area contributed by atoms with Gasteiger partial charge in [-0.15, -0.1) is 0 Å². The first kappa shape index (κ1) is 20.6. The highest BCUT2D eigenvalue weighted by Gasteiger charge is 2.28. The van der Waals surface area contributed by atoms with E-state index in [1.165, 1.54) is 18.3 Å². The fourth-order valence-electron chi connectivity index (χ4n) is 2.66. The van der Waals surface area contributed by atoms with Crippen molar-refractivity contribution in [3.05, 3.63) is 54.0 Å². The van der Waals surface area contributed by atoms with E-state index in [2.05, 4.69) is 15.4 Å². The molecular weight excluding hydrogens is 389 g/mol. The fourth-order valence-corrected chi connectivity index (χ4v) is 2.66. The minimum Gasteiger partial charge on any atom is -0.484 e. The first-order valence-corrected chi connectivity index (χ1v) is 8.85. The minimum atomic E-state index is -4.38. The summed E-state index contributed by atoms with van der Waals surface area (Å²) in [5, 5.41) is 16.5. The largest absolute Gasteiger partial charge is 0.484 e. The Balaban J connectivity index is 1.71. The lowest BCUT2D eigenvalue weighted by Gasteiger charge is -2.09. The molecule has 3 aromatic rings. The maximum atomic E-state index is 12.3. The molecule has 3 rings (SSSR count). The average Bonchev–Trinajstić information content (AvgIpc) is 3.09. The maximum absolute atomic E-state index is 12.3. The van der Waals surface area contributed by atoms with Crippen LogP contribution in [0, 0.1) is 0 Å². The van der Waals surface area contributed by atoms with Crippen LogP contribution in [-0.2, 0) is 6.54 Å². The monoisotopic (exact) mass is 408 g/mol. The van der Waals surface area contributed by atoms with Crippen molar-refractivity contribution in [1.82, 2.24) is 20.1 Å². The number of alkyl halides is 3. The molecule has 1 amide bonds. The molecule has 0 aliphatic rings. The van der Waals surface area contributed by atoms with Crippen molar-refractivity contribution >= 4 is 16.8 Å². The first-order valence-electron chi connectivity index (χ1n) is 8.85. The predicted molar refractivity (Wildman–Crippen MR) is 98.7 cm³/mol. The summed E-state index contributed by atoms with van der Waals surface area (Å²) in [6.07, 6.45) is -0.752. The van der Waals surface area contributed by atoms with Crippen LogP contribution in [0.3, 0.4) is 0 Å². The Morgan fingerprint density at radius 1 is 1.21 bits per heavy atom. The number of nitrogens with one attached hydrogen (secondary N) is 1. The quantitative estimate of drug-likeness (QED) is 0.559. The van der Waals surface area contributed by atoms with Gasteiger partial charge in [-0.25, -0.2) is 0 Å². The predicted octanol–water partition coefficient (Wildman–Crippen LogP) is 2.53. The van der Waals surface area contributed by atoms with Gasteiger partial charge in [0, 0.05) is 25.5 Å². The second-order valence-corrected chi connectivity index (χ2v) is 6.30. The molecule has 0 radical (unpaired) electrons. The lowest BCUT2D eigenvalue weighted by molar-refractivity contribution is -0.153. The van der Waals surface area contributed by atoms with Gasteiger partial charge in [-0.05, 0) is 30.2 Å². The molecule has 0 saturated heterocycles. The second kappa shape index (κ2) is 8.91. The number of halogens is 3. The molecule has 2 N–H and O–H groups in total. The van der Waals surface area contributed by atoms with Gasteiger partial charge >= 0.3 is 6.18 Å². The maximum Gasteiger partial charge on any atom is 0.422 e. The van der Waals surface area contributed by atoms with Gasteiger partial charge in [0.05, 0.1) is 17.4 Å². The van der Waals surface area contributed by atoms with E-state index in [1.807, 2.05) is 0 Å². The van der Waals surface area contributed by atoms with Gasteiger partial charge in [0.15, 0.2) is 6.61 Å². The number of pyridine rings is 1. The number of hydrogen-bond acceptors (Lipinski definition) is 5. The van der Waals surface area contributed by atoms with E-state index in [9.17, 15) is 18.0 Å². The van der Waals surface area contributed by atoms with Crippen LogP contribution in [0.1, 0.15) is 22.5 Å². The van der Waals surface area contributed by atoms with Crippen molar-refractivity contribution < 1.29 is 27.8 Å². The van der Waals surface area contributed by atoms with Crippen molar-refractivity contribution in [3.63, 3.8) is 0 Å². The van der Waals surface area contributed by atoms with Crippen molar-refractivity contribution in [2.45, 2.75) is 19.1 Å². The molecular formula is C19H19F3N4O3.